The van der Waals surface area contributed by atoms with Gasteiger partial charge in [-0.1, -0.05) is 11.6 Å². The van der Waals surface area contributed by atoms with Crippen LogP contribution in [0.15, 0.2) is 16.6 Å². The minimum absolute atomic E-state index is 0.406. The topological polar surface area (TPSA) is 35.5 Å². The third-order valence-corrected chi connectivity index (χ3v) is 3.42. The number of benzene rings is 1. The van der Waals surface area contributed by atoms with Crippen LogP contribution in [0, 0.1) is 6.92 Å². The maximum atomic E-state index is 9.74. The van der Waals surface area contributed by atoms with Crippen LogP contribution in [0.25, 0.3) is 0 Å². The van der Waals surface area contributed by atoms with Crippen molar-refractivity contribution in [3.63, 3.8) is 0 Å². The standard InChI is InChI=1S/C12H18BrClN2O/c1-8-4-10(13)12(5-11(8)14)15-6-9(17)7-16(2)3/h4-5,9,15,17H,6-7H2,1-3H3. The molecule has 2 N–H and O–H groups in total. The van der Waals surface area contributed by atoms with E-state index in [1.54, 1.807) is 0 Å². The molecule has 0 saturated heterocycles. The molecule has 1 aromatic rings. The lowest BCUT2D eigenvalue weighted by Gasteiger charge is -2.18. The van der Waals surface area contributed by atoms with Gasteiger partial charge in [-0.05, 0) is 54.6 Å². The Kier molecular flexibility index (Phi) is 5.73. The highest BCUT2D eigenvalue weighted by molar-refractivity contribution is 9.10. The van der Waals surface area contributed by atoms with Crippen LogP contribution in [0.5, 0.6) is 0 Å². The molecule has 0 aromatic heterocycles. The highest BCUT2D eigenvalue weighted by Gasteiger charge is 2.08. The molecule has 0 spiro atoms. The van der Waals surface area contributed by atoms with Gasteiger partial charge in [0.05, 0.1) is 11.8 Å². The summed E-state index contributed by atoms with van der Waals surface area (Å²) in [4.78, 5) is 1.95. The van der Waals surface area contributed by atoms with Gasteiger partial charge in [0.2, 0.25) is 0 Å². The molecule has 0 amide bonds. The van der Waals surface area contributed by atoms with Gasteiger partial charge in [-0.25, -0.2) is 0 Å². The second-order valence-corrected chi connectivity index (χ2v) is 5.64. The van der Waals surface area contributed by atoms with Crippen molar-refractivity contribution >= 4 is 33.2 Å². The van der Waals surface area contributed by atoms with E-state index in [0.717, 1.165) is 20.7 Å². The summed E-state index contributed by atoms with van der Waals surface area (Å²) in [5.41, 5.74) is 1.93. The van der Waals surface area contributed by atoms with Gasteiger partial charge in [-0.15, -0.1) is 0 Å². The lowest BCUT2D eigenvalue weighted by Crippen LogP contribution is -2.31. The van der Waals surface area contributed by atoms with Crippen LogP contribution in [-0.2, 0) is 0 Å². The number of nitrogens with zero attached hydrogens (tertiary/aromatic N) is 1. The Bertz CT molecular complexity index is 385. The van der Waals surface area contributed by atoms with E-state index in [-0.39, 0.29) is 0 Å². The molecule has 0 aliphatic rings. The summed E-state index contributed by atoms with van der Waals surface area (Å²) < 4.78 is 0.955. The molecular formula is C12H18BrClN2O. The molecule has 5 heteroatoms. The van der Waals surface area contributed by atoms with Gasteiger partial charge in [-0.2, -0.15) is 0 Å². The van der Waals surface area contributed by atoms with E-state index in [1.807, 2.05) is 38.1 Å². The number of hydrogen-bond acceptors (Lipinski definition) is 3. The normalized spacial score (nSPS) is 12.9. The SMILES string of the molecule is Cc1cc(Br)c(NCC(O)CN(C)C)cc1Cl. The van der Waals surface area contributed by atoms with Crippen molar-refractivity contribution in [2.24, 2.45) is 0 Å². The maximum absolute atomic E-state index is 9.74. The van der Waals surface area contributed by atoms with Crippen LogP contribution in [0.4, 0.5) is 5.69 Å². The van der Waals surface area contributed by atoms with Crippen molar-refractivity contribution in [3.05, 3.63) is 27.2 Å². The van der Waals surface area contributed by atoms with E-state index in [1.165, 1.54) is 0 Å². The fourth-order valence-corrected chi connectivity index (χ4v) is 2.26. The van der Waals surface area contributed by atoms with Gasteiger partial charge in [0, 0.05) is 22.6 Å². The van der Waals surface area contributed by atoms with Gasteiger partial charge >= 0.3 is 0 Å². The van der Waals surface area contributed by atoms with Crippen LogP contribution in [-0.4, -0.2) is 43.3 Å². The number of aryl methyl sites for hydroxylation is 1. The Balaban J connectivity index is 2.60. The first-order valence-electron chi connectivity index (χ1n) is 5.42. The van der Waals surface area contributed by atoms with E-state index < -0.39 is 6.10 Å². The summed E-state index contributed by atoms with van der Waals surface area (Å²) in [6.45, 7) is 3.08. The summed E-state index contributed by atoms with van der Waals surface area (Å²) in [6, 6.07) is 3.83. The molecular weight excluding hydrogens is 304 g/mol. The van der Waals surface area contributed by atoms with Crippen molar-refractivity contribution in [2.75, 3.05) is 32.5 Å². The molecule has 3 nitrogen and oxygen atoms in total. The van der Waals surface area contributed by atoms with Crippen molar-refractivity contribution in [2.45, 2.75) is 13.0 Å². The molecule has 1 unspecified atom stereocenters. The summed E-state index contributed by atoms with van der Waals surface area (Å²) in [5.74, 6) is 0. The first-order chi connectivity index (χ1) is 7.90. The fourth-order valence-electron chi connectivity index (χ4n) is 1.50. The lowest BCUT2D eigenvalue weighted by atomic mass is 10.2. The largest absolute Gasteiger partial charge is 0.390 e. The van der Waals surface area contributed by atoms with Gasteiger partial charge in [-0.3, -0.25) is 0 Å². The molecule has 96 valence electrons. The maximum Gasteiger partial charge on any atom is 0.0838 e. The second-order valence-electron chi connectivity index (χ2n) is 4.38. The Morgan fingerprint density at radius 3 is 2.71 bits per heavy atom. The Morgan fingerprint density at radius 2 is 2.12 bits per heavy atom. The summed E-state index contributed by atoms with van der Waals surface area (Å²) >= 11 is 9.52. The van der Waals surface area contributed by atoms with Crippen LogP contribution in [0.3, 0.4) is 0 Å². The molecule has 1 atom stereocenters. The third-order valence-electron chi connectivity index (χ3n) is 2.35. The van der Waals surface area contributed by atoms with Gasteiger partial charge in [0.1, 0.15) is 0 Å². The zero-order chi connectivity index (χ0) is 13.0. The fraction of sp³-hybridized carbons (Fsp3) is 0.500. The Morgan fingerprint density at radius 1 is 1.47 bits per heavy atom. The van der Waals surface area contributed by atoms with E-state index >= 15 is 0 Å². The molecule has 0 saturated carbocycles. The van der Waals surface area contributed by atoms with Crippen molar-refractivity contribution in [1.29, 1.82) is 0 Å². The minimum atomic E-state index is -0.406. The van der Waals surface area contributed by atoms with Crippen LogP contribution in [0.2, 0.25) is 5.02 Å². The Labute approximate surface area is 116 Å². The van der Waals surface area contributed by atoms with E-state index in [9.17, 15) is 5.11 Å². The molecule has 0 aliphatic carbocycles. The third kappa shape index (κ3) is 4.84. The predicted molar refractivity (Wildman–Crippen MR) is 76.9 cm³/mol. The van der Waals surface area contributed by atoms with Crippen molar-refractivity contribution in [1.82, 2.24) is 4.90 Å². The highest BCUT2D eigenvalue weighted by atomic mass is 79.9. The molecule has 0 fully saturated rings. The number of halogens is 2. The van der Waals surface area contributed by atoms with Crippen LogP contribution in [0.1, 0.15) is 5.56 Å². The van der Waals surface area contributed by atoms with E-state index in [2.05, 4.69) is 21.2 Å². The smallest absolute Gasteiger partial charge is 0.0838 e. The van der Waals surface area contributed by atoms with Crippen LogP contribution >= 0.6 is 27.5 Å². The van der Waals surface area contributed by atoms with E-state index in [0.29, 0.717) is 13.1 Å². The van der Waals surface area contributed by atoms with Crippen LogP contribution < -0.4 is 5.32 Å². The summed E-state index contributed by atoms with van der Waals surface area (Å²) in [5, 5.41) is 13.6. The predicted octanol–water partition coefficient (Wildman–Crippen LogP) is 2.75. The monoisotopic (exact) mass is 320 g/mol. The van der Waals surface area contributed by atoms with Gasteiger partial charge in [0.25, 0.3) is 0 Å². The molecule has 0 aliphatic heterocycles. The average Bonchev–Trinajstić information content (AvgIpc) is 2.20. The summed E-state index contributed by atoms with van der Waals surface area (Å²) in [7, 11) is 3.86. The molecule has 17 heavy (non-hydrogen) atoms. The number of rotatable bonds is 5. The summed E-state index contributed by atoms with van der Waals surface area (Å²) in [6.07, 6.45) is -0.406. The number of anilines is 1. The molecule has 0 bridgehead atoms. The lowest BCUT2D eigenvalue weighted by molar-refractivity contribution is 0.148. The quantitative estimate of drug-likeness (QED) is 0.875. The molecule has 1 aromatic carbocycles. The number of likely N-dealkylation sites (N-methyl/N-ethyl adjacent to an activating group) is 1. The molecule has 1 rings (SSSR count). The highest BCUT2D eigenvalue weighted by Crippen LogP contribution is 2.29. The molecule has 0 radical (unpaired) electrons. The average molecular weight is 322 g/mol. The zero-order valence-corrected chi connectivity index (χ0v) is 12.6. The van der Waals surface area contributed by atoms with Gasteiger partial charge < -0.3 is 15.3 Å². The number of aliphatic hydroxyl groups is 1. The van der Waals surface area contributed by atoms with Crippen molar-refractivity contribution < 1.29 is 5.11 Å². The first-order valence-corrected chi connectivity index (χ1v) is 6.59. The Hall–Kier alpha value is -0.290. The number of aliphatic hydroxyl groups excluding tert-OH is 1. The van der Waals surface area contributed by atoms with Crippen molar-refractivity contribution in [3.8, 4) is 0 Å². The van der Waals surface area contributed by atoms with Gasteiger partial charge in [0.15, 0.2) is 0 Å². The number of nitrogens with one attached hydrogen (secondary N) is 1. The first kappa shape index (κ1) is 14.8. The van der Waals surface area contributed by atoms with E-state index in [4.69, 9.17) is 11.6 Å². The molecule has 0 heterocycles. The number of hydrogen-bond donors (Lipinski definition) is 2. The second kappa shape index (κ2) is 6.59. The zero-order valence-electron chi connectivity index (χ0n) is 10.3. The minimum Gasteiger partial charge on any atom is -0.390 e.